The molecular weight excluding hydrogens is 392 g/mol. The summed E-state index contributed by atoms with van der Waals surface area (Å²) in [5.74, 6) is 1.84. The second-order valence-electron chi connectivity index (χ2n) is 8.32. The van der Waals surface area contributed by atoms with E-state index in [-0.39, 0.29) is 6.04 Å². The minimum absolute atomic E-state index is 0.246. The van der Waals surface area contributed by atoms with Crippen molar-refractivity contribution >= 4 is 5.96 Å². The lowest BCUT2D eigenvalue weighted by molar-refractivity contribution is 0.0377. The number of rotatable bonds is 10. The Hall–Kier alpha value is -2.32. The third-order valence-electron chi connectivity index (χ3n) is 5.80. The molecule has 31 heavy (non-hydrogen) atoms. The largest absolute Gasteiger partial charge is 0.469 e. The van der Waals surface area contributed by atoms with Crippen LogP contribution < -0.4 is 10.6 Å². The fourth-order valence-electron chi connectivity index (χ4n) is 3.92. The van der Waals surface area contributed by atoms with Crippen molar-refractivity contribution < 1.29 is 9.15 Å². The van der Waals surface area contributed by atoms with Crippen LogP contribution in [-0.2, 0) is 24.6 Å². The molecule has 2 N–H and O–H groups in total. The molecule has 8 heteroatoms. The van der Waals surface area contributed by atoms with Crippen molar-refractivity contribution in [2.75, 3.05) is 45.9 Å². The van der Waals surface area contributed by atoms with Gasteiger partial charge in [-0.3, -0.25) is 14.6 Å². The number of aryl methyl sites for hydroxylation is 2. The Kier molecular flexibility index (Phi) is 8.97. The van der Waals surface area contributed by atoms with Crippen molar-refractivity contribution in [2.45, 2.75) is 46.1 Å². The van der Waals surface area contributed by atoms with Gasteiger partial charge < -0.3 is 19.8 Å². The number of hydrogen-bond donors (Lipinski definition) is 2. The van der Waals surface area contributed by atoms with Crippen molar-refractivity contribution in [3.8, 4) is 0 Å². The molecule has 2 aromatic heterocycles. The van der Waals surface area contributed by atoms with Gasteiger partial charge in [0.15, 0.2) is 5.96 Å². The van der Waals surface area contributed by atoms with Gasteiger partial charge in [0.25, 0.3) is 0 Å². The standard InChI is InChI=1S/C23H38N6O2/c1-18(17-22-19(2)27-28(4)20(22)3)26-23(25-10-8-21-7-5-14-31-21)24-9-6-11-29-12-15-30-16-13-29/h5,7,14,18H,6,8-13,15-17H2,1-4H3,(H2,24,25,26). The number of morpholine rings is 1. The fourth-order valence-corrected chi connectivity index (χ4v) is 3.92. The van der Waals surface area contributed by atoms with E-state index in [0.717, 1.165) is 82.6 Å². The summed E-state index contributed by atoms with van der Waals surface area (Å²) in [5, 5.41) is 11.6. The zero-order valence-electron chi connectivity index (χ0n) is 19.5. The Morgan fingerprint density at radius 2 is 2.10 bits per heavy atom. The van der Waals surface area contributed by atoms with Gasteiger partial charge in [0.1, 0.15) is 5.76 Å². The molecule has 1 aliphatic rings. The van der Waals surface area contributed by atoms with Crippen LogP contribution in [0.15, 0.2) is 27.8 Å². The van der Waals surface area contributed by atoms with E-state index in [9.17, 15) is 0 Å². The first-order valence-electron chi connectivity index (χ1n) is 11.4. The molecular formula is C23H38N6O2. The van der Waals surface area contributed by atoms with Gasteiger partial charge in [-0.15, -0.1) is 0 Å². The number of aliphatic imine (C=N–C) groups is 1. The molecule has 1 atom stereocenters. The van der Waals surface area contributed by atoms with E-state index in [0.29, 0.717) is 0 Å². The van der Waals surface area contributed by atoms with Crippen molar-refractivity contribution in [1.82, 2.24) is 25.3 Å². The molecule has 3 rings (SSSR count). The van der Waals surface area contributed by atoms with Gasteiger partial charge in [0.05, 0.1) is 25.2 Å². The number of furan rings is 1. The molecule has 1 aliphatic heterocycles. The van der Waals surface area contributed by atoms with Gasteiger partial charge in [-0.2, -0.15) is 5.10 Å². The molecule has 0 saturated carbocycles. The van der Waals surface area contributed by atoms with Crippen molar-refractivity contribution in [3.63, 3.8) is 0 Å². The van der Waals surface area contributed by atoms with Crippen LogP contribution in [0.3, 0.4) is 0 Å². The predicted octanol–water partition coefficient (Wildman–Crippen LogP) is 2.06. The highest BCUT2D eigenvalue weighted by Crippen LogP contribution is 2.14. The summed E-state index contributed by atoms with van der Waals surface area (Å²) in [6.07, 6.45) is 4.50. The van der Waals surface area contributed by atoms with Gasteiger partial charge in [0, 0.05) is 57.9 Å². The molecule has 3 heterocycles. The average molecular weight is 431 g/mol. The zero-order chi connectivity index (χ0) is 22.1. The van der Waals surface area contributed by atoms with E-state index in [2.05, 4.69) is 41.4 Å². The summed E-state index contributed by atoms with van der Waals surface area (Å²) in [5.41, 5.74) is 3.63. The topological polar surface area (TPSA) is 79.9 Å². The van der Waals surface area contributed by atoms with Crippen LogP contribution in [0.1, 0.15) is 36.1 Å². The average Bonchev–Trinajstić information content (AvgIpc) is 3.36. The maximum Gasteiger partial charge on any atom is 0.191 e. The lowest BCUT2D eigenvalue weighted by atomic mass is 10.1. The molecule has 0 amide bonds. The highest BCUT2D eigenvalue weighted by molar-refractivity contribution is 5.80. The summed E-state index contributed by atoms with van der Waals surface area (Å²) < 4.78 is 12.8. The minimum Gasteiger partial charge on any atom is -0.469 e. The van der Waals surface area contributed by atoms with E-state index in [1.165, 1.54) is 11.3 Å². The number of hydrogen-bond acceptors (Lipinski definition) is 5. The monoisotopic (exact) mass is 430 g/mol. The molecule has 0 bridgehead atoms. The van der Waals surface area contributed by atoms with E-state index >= 15 is 0 Å². The van der Waals surface area contributed by atoms with Gasteiger partial charge in [-0.05, 0) is 51.3 Å². The van der Waals surface area contributed by atoms with E-state index in [4.69, 9.17) is 14.1 Å². The van der Waals surface area contributed by atoms with Crippen molar-refractivity contribution in [3.05, 3.63) is 41.1 Å². The third-order valence-corrected chi connectivity index (χ3v) is 5.80. The Morgan fingerprint density at radius 3 is 2.77 bits per heavy atom. The SMILES string of the molecule is Cc1nn(C)c(C)c1CC(C)NC(=NCCCN1CCOCC1)NCCc1ccco1. The molecule has 2 aromatic rings. The minimum atomic E-state index is 0.246. The quantitative estimate of drug-likeness (QED) is 0.341. The van der Waals surface area contributed by atoms with Crippen LogP contribution in [0, 0.1) is 13.8 Å². The van der Waals surface area contributed by atoms with Gasteiger partial charge in [-0.25, -0.2) is 0 Å². The maximum atomic E-state index is 5.44. The highest BCUT2D eigenvalue weighted by atomic mass is 16.5. The molecule has 1 unspecified atom stereocenters. The summed E-state index contributed by atoms with van der Waals surface area (Å²) in [7, 11) is 2.00. The first kappa shape index (κ1) is 23.3. The number of nitrogens with one attached hydrogen (secondary N) is 2. The first-order valence-corrected chi connectivity index (χ1v) is 11.4. The third kappa shape index (κ3) is 7.40. The molecule has 0 radical (unpaired) electrons. The number of guanidine groups is 1. The van der Waals surface area contributed by atoms with Crippen LogP contribution in [0.4, 0.5) is 0 Å². The first-order chi connectivity index (χ1) is 15.0. The normalized spacial score (nSPS) is 16.5. The van der Waals surface area contributed by atoms with Crippen molar-refractivity contribution in [2.24, 2.45) is 12.0 Å². The molecule has 0 aromatic carbocycles. The Morgan fingerprint density at radius 1 is 1.29 bits per heavy atom. The second kappa shape index (κ2) is 11.9. The summed E-state index contributed by atoms with van der Waals surface area (Å²) in [4.78, 5) is 7.30. The number of nitrogens with zero attached hydrogens (tertiary/aromatic N) is 4. The highest BCUT2D eigenvalue weighted by Gasteiger charge is 2.14. The number of ether oxygens (including phenoxy) is 1. The molecule has 1 fully saturated rings. The maximum absolute atomic E-state index is 5.44. The van der Waals surface area contributed by atoms with Crippen LogP contribution in [0.2, 0.25) is 0 Å². The molecule has 0 aliphatic carbocycles. The zero-order valence-corrected chi connectivity index (χ0v) is 19.5. The van der Waals surface area contributed by atoms with E-state index in [1.807, 2.05) is 23.9 Å². The lowest BCUT2D eigenvalue weighted by Crippen LogP contribution is -2.44. The Balaban J connectivity index is 1.52. The van der Waals surface area contributed by atoms with Crippen LogP contribution in [0.25, 0.3) is 0 Å². The summed E-state index contributed by atoms with van der Waals surface area (Å²) >= 11 is 0. The molecule has 1 saturated heterocycles. The van der Waals surface area contributed by atoms with Crippen LogP contribution in [-0.4, -0.2) is 72.6 Å². The Labute approximate surface area is 186 Å². The molecule has 172 valence electrons. The summed E-state index contributed by atoms with van der Waals surface area (Å²) in [6.45, 7) is 12.8. The van der Waals surface area contributed by atoms with Crippen molar-refractivity contribution in [1.29, 1.82) is 0 Å². The summed E-state index contributed by atoms with van der Waals surface area (Å²) in [6, 6.07) is 4.18. The van der Waals surface area contributed by atoms with Crippen LogP contribution in [0.5, 0.6) is 0 Å². The van der Waals surface area contributed by atoms with E-state index < -0.39 is 0 Å². The molecule has 8 nitrogen and oxygen atoms in total. The molecule has 0 spiro atoms. The number of aromatic nitrogens is 2. The predicted molar refractivity (Wildman–Crippen MR) is 124 cm³/mol. The van der Waals surface area contributed by atoms with Gasteiger partial charge >= 0.3 is 0 Å². The second-order valence-corrected chi connectivity index (χ2v) is 8.32. The van der Waals surface area contributed by atoms with Gasteiger partial charge in [0.2, 0.25) is 0 Å². The fraction of sp³-hybridized carbons (Fsp3) is 0.652. The van der Waals surface area contributed by atoms with Gasteiger partial charge in [-0.1, -0.05) is 0 Å². The lowest BCUT2D eigenvalue weighted by Gasteiger charge is -2.26. The van der Waals surface area contributed by atoms with Crippen LogP contribution >= 0.6 is 0 Å². The smallest absolute Gasteiger partial charge is 0.191 e. The Bertz CT molecular complexity index is 808. The van der Waals surface area contributed by atoms with E-state index in [1.54, 1.807) is 6.26 Å².